The van der Waals surface area contributed by atoms with Crippen LogP contribution >= 0.6 is 0 Å². The molecule has 2 heterocycles. The molecule has 1 aromatic carbocycles. The molecule has 5 heteroatoms. The lowest BCUT2D eigenvalue weighted by atomic mass is 10.0. The Morgan fingerprint density at radius 3 is 2.78 bits per heavy atom. The Kier molecular flexibility index (Phi) is 4.66. The van der Waals surface area contributed by atoms with Gasteiger partial charge in [0, 0.05) is 31.0 Å². The standard InChI is InChI=1S/C18H24N2O3/c1-12(2)20(15-5-7-23-8-6-15)18(22)10-13-3-4-14-11-17(21)19-16(14)9-13/h3-4,9,12,15H,5-8,10-11H2,1-2H3,(H,19,21). The predicted molar refractivity (Wildman–Crippen MR) is 88.3 cm³/mol. The lowest BCUT2D eigenvalue weighted by molar-refractivity contribution is -0.136. The van der Waals surface area contributed by atoms with Gasteiger partial charge in [0.2, 0.25) is 11.8 Å². The van der Waals surface area contributed by atoms with Gasteiger partial charge in [0.15, 0.2) is 0 Å². The molecule has 0 aromatic heterocycles. The van der Waals surface area contributed by atoms with Crippen LogP contribution in [0.25, 0.3) is 0 Å². The van der Waals surface area contributed by atoms with Crippen molar-refractivity contribution in [1.82, 2.24) is 4.90 Å². The number of hydrogen-bond donors (Lipinski definition) is 1. The van der Waals surface area contributed by atoms with E-state index in [1.807, 2.05) is 23.1 Å². The molecule has 1 aromatic rings. The highest BCUT2D eigenvalue weighted by atomic mass is 16.5. The minimum Gasteiger partial charge on any atom is -0.381 e. The van der Waals surface area contributed by atoms with Gasteiger partial charge >= 0.3 is 0 Å². The van der Waals surface area contributed by atoms with E-state index < -0.39 is 0 Å². The van der Waals surface area contributed by atoms with E-state index in [0.29, 0.717) is 12.8 Å². The average Bonchev–Trinajstić information content (AvgIpc) is 2.87. The molecule has 1 saturated heterocycles. The minimum atomic E-state index is 0.0227. The summed E-state index contributed by atoms with van der Waals surface area (Å²) >= 11 is 0. The van der Waals surface area contributed by atoms with Crippen molar-refractivity contribution in [1.29, 1.82) is 0 Å². The van der Waals surface area contributed by atoms with Crippen LogP contribution in [0.5, 0.6) is 0 Å². The maximum absolute atomic E-state index is 12.8. The molecule has 2 aliphatic heterocycles. The third kappa shape index (κ3) is 3.55. The summed E-state index contributed by atoms with van der Waals surface area (Å²) in [6.45, 7) is 5.59. The molecule has 0 aliphatic carbocycles. The molecule has 0 bridgehead atoms. The van der Waals surface area contributed by atoms with Crippen LogP contribution < -0.4 is 5.32 Å². The zero-order valence-corrected chi connectivity index (χ0v) is 13.8. The van der Waals surface area contributed by atoms with Crippen molar-refractivity contribution in [2.75, 3.05) is 18.5 Å². The molecule has 124 valence electrons. The first-order chi connectivity index (χ1) is 11.0. The van der Waals surface area contributed by atoms with E-state index in [0.717, 1.165) is 42.9 Å². The van der Waals surface area contributed by atoms with Crippen LogP contribution in [0, 0.1) is 0 Å². The minimum absolute atomic E-state index is 0.0227. The molecular weight excluding hydrogens is 292 g/mol. The van der Waals surface area contributed by atoms with E-state index in [9.17, 15) is 9.59 Å². The maximum atomic E-state index is 12.8. The summed E-state index contributed by atoms with van der Waals surface area (Å²) in [6, 6.07) is 6.29. The molecule has 5 nitrogen and oxygen atoms in total. The van der Waals surface area contributed by atoms with Crippen LogP contribution in [-0.2, 0) is 27.2 Å². The van der Waals surface area contributed by atoms with Crippen LogP contribution in [0.1, 0.15) is 37.8 Å². The summed E-state index contributed by atoms with van der Waals surface area (Å²) in [5, 5.41) is 2.85. The van der Waals surface area contributed by atoms with Crippen LogP contribution in [-0.4, -0.2) is 42.0 Å². The lowest BCUT2D eigenvalue weighted by Crippen LogP contribution is -2.47. The van der Waals surface area contributed by atoms with E-state index in [2.05, 4.69) is 19.2 Å². The summed E-state index contributed by atoms with van der Waals surface area (Å²) in [6.07, 6.45) is 2.62. The third-order valence-corrected chi connectivity index (χ3v) is 4.58. The highest BCUT2D eigenvalue weighted by Gasteiger charge is 2.28. The molecule has 3 rings (SSSR count). The summed E-state index contributed by atoms with van der Waals surface area (Å²) in [5.74, 6) is 0.172. The van der Waals surface area contributed by atoms with E-state index in [-0.39, 0.29) is 23.9 Å². The fraction of sp³-hybridized carbons (Fsp3) is 0.556. The van der Waals surface area contributed by atoms with Gasteiger partial charge in [-0.25, -0.2) is 0 Å². The first kappa shape index (κ1) is 16.0. The number of hydrogen-bond acceptors (Lipinski definition) is 3. The second-order valence-electron chi connectivity index (χ2n) is 6.63. The number of nitrogens with one attached hydrogen (secondary N) is 1. The SMILES string of the molecule is CC(C)N(C(=O)Cc1ccc2c(c1)NC(=O)C2)C1CCOCC1. The Balaban J connectivity index is 1.71. The van der Waals surface area contributed by atoms with E-state index in [1.165, 1.54) is 0 Å². The molecule has 2 amide bonds. The number of ether oxygens (including phenoxy) is 1. The Morgan fingerprint density at radius 2 is 2.09 bits per heavy atom. The fourth-order valence-corrected chi connectivity index (χ4v) is 3.51. The number of anilines is 1. The number of rotatable bonds is 4. The molecule has 0 radical (unpaired) electrons. The zero-order chi connectivity index (χ0) is 16.4. The molecule has 2 aliphatic rings. The van der Waals surface area contributed by atoms with Crippen molar-refractivity contribution in [2.45, 2.75) is 51.6 Å². The van der Waals surface area contributed by atoms with Crippen LogP contribution in [0.15, 0.2) is 18.2 Å². The molecule has 23 heavy (non-hydrogen) atoms. The molecule has 0 unspecified atom stereocenters. The predicted octanol–water partition coefficient (Wildman–Crippen LogP) is 2.14. The molecule has 1 fully saturated rings. The van der Waals surface area contributed by atoms with Gasteiger partial charge in [0.1, 0.15) is 0 Å². The Hall–Kier alpha value is -1.88. The average molecular weight is 316 g/mol. The first-order valence-electron chi connectivity index (χ1n) is 8.35. The number of nitrogens with zero attached hydrogens (tertiary/aromatic N) is 1. The maximum Gasteiger partial charge on any atom is 0.228 e. The van der Waals surface area contributed by atoms with Crippen LogP contribution in [0.4, 0.5) is 5.69 Å². The quantitative estimate of drug-likeness (QED) is 0.926. The number of carbonyl (C=O) groups excluding carboxylic acids is 2. The van der Waals surface area contributed by atoms with Gasteiger partial charge in [-0.05, 0) is 43.9 Å². The largest absolute Gasteiger partial charge is 0.381 e. The summed E-state index contributed by atoms with van der Waals surface area (Å²) in [4.78, 5) is 26.3. The Morgan fingerprint density at radius 1 is 1.35 bits per heavy atom. The van der Waals surface area contributed by atoms with Crippen molar-refractivity contribution in [3.8, 4) is 0 Å². The van der Waals surface area contributed by atoms with Gasteiger partial charge in [-0.3, -0.25) is 9.59 Å². The van der Waals surface area contributed by atoms with Crippen molar-refractivity contribution in [3.63, 3.8) is 0 Å². The van der Waals surface area contributed by atoms with Gasteiger partial charge in [0.05, 0.1) is 12.8 Å². The molecule has 1 N–H and O–H groups in total. The number of benzene rings is 1. The second-order valence-corrected chi connectivity index (χ2v) is 6.63. The van der Waals surface area contributed by atoms with Crippen molar-refractivity contribution in [2.24, 2.45) is 0 Å². The summed E-state index contributed by atoms with van der Waals surface area (Å²) < 4.78 is 5.41. The Labute approximate surface area is 137 Å². The molecule has 0 atom stereocenters. The number of carbonyl (C=O) groups is 2. The summed E-state index contributed by atoms with van der Waals surface area (Å²) in [7, 11) is 0. The normalized spacial score (nSPS) is 18.0. The number of fused-ring (bicyclic) bond motifs is 1. The third-order valence-electron chi connectivity index (χ3n) is 4.58. The second kappa shape index (κ2) is 6.71. The van der Waals surface area contributed by atoms with Gasteiger partial charge in [-0.15, -0.1) is 0 Å². The van der Waals surface area contributed by atoms with Gasteiger partial charge in [-0.1, -0.05) is 12.1 Å². The van der Waals surface area contributed by atoms with Gasteiger partial charge in [-0.2, -0.15) is 0 Å². The Bertz CT molecular complexity index is 606. The number of amides is 2. The smallest absolute Gasteiger partial charge is 0.228 e. The lowest BCUT2D eigenvalue weighted by Gasteiger charge is -2.37. The van der Waals surface area contributed by atoms with Gasteiger partial charge < -0.3 is 15.0 Å². The van der Waals surface area contributed by atoms with Crippen LogP contribution in [0.2, 0.25) is 0 Å². The molecular formula is C18H24N2O3. The van der Waals surface area contributed by atoms with Gasteiger partial charge in [0.25, 0.3) is 0 Å². The highest BCUT2D eigenvalue weighted by Crippen LogP contribution is 2.25. The highest BCUT2D eigenvalue weighted by molar-refractivity contribution is 5.99. The van der Waals surface area contributed by atoms with E-state index in [1.54, 1.807) is 0 Å². The monoisotopic (exact) mass is 316 g/mol. The summed E-state index contributed by atoms with van der Waals surface area (Å²) in [5.41, 5.74) is 2.81. The van der Waals surface area contributed by atoms with E-state index >= 15 is 0 Å². The van der Waals surface area contributed by atoms with E-state index in [4.69, 9.17) is 4.74 Å². The zero-order valence-electron chi connectivity index (χ0n) is 13.8. The first-order valence-corrected chi connectivity index (χ1v) is 8.35. The topological polar surface area (TPSA) is 58.6 Å². The molecule has 0 spiro atoms. The molecule has 0 saturated carbocycles. The van der Waals surface area contributed by atoms with Crippen molar-refractivity contribution >= 4 is 17.5 Å². The van der Waals surface area contributed by atoms with Crippen LogP contribution in [0.3, 0.4) is 0 Å². The van der Waals surface area contributed by atoms with Crippen molar-refractivity contribution < 1.29 is 14.3 Å². The fourth-order valence-electron chi connectivity index (χ4n) is 3.51. The van der Waals surface area contributed by atoms with Crippen molar-refractivity contribution in [3.05, 3.63) is 29.3 Å².